The van der Waals surface area contributed by atoms with Gasteiger partial charge >= 0.3 is 0 Å². The summed E-state index contributed by atoms with van der Waals surface area (Å²) in [4.78, 5) is 26.6. The number of nitrogens with one attached hydrogen (secondary N) is 1. The molecular weight excluding hydrogens is 518 g/mol. The molecule has 0 saturated carbocycles. The van der Waals surface area contributed by atoms with E-state index < -0.39 is 11.1 Å². The number of carbonyl (C=O) groups is 1. The number of hydrogen-bond donors (Lipinski definition) is 1. The van der Waals surface area contributed by atoms with Crippen molar-refractivity contribution in [1.82, 2.24) is 0 Å². The van der Waals surface area contributed by atoms with Crippen molar-refractivity contribution in [2.75, 3.05) is 17.3 Å². The molecule has 1 amide bonds. The Bertz CT molecular complexity index is 1800. The number of ether oxygens (including phenoxy) is 2. The topological polar surface area (TPSA) is 93.9 Å². The Labute approximate surface area is 236 Å². The van der Waals surface area contributed by atoms with Gasteiger partial charge in [0.1, 0.15) is 24.3 Å². The van der Waals surface area contributed by atoms with Crippen LogP contribution in [0.4, 0.5) is 17.1 Å². The van der Waals surface area contributed by atoms with E-state index in [0.717, 1.165) is 33.3 Å². The SMILES string of the molecule is COc1ccc(C2Nc3ccccc3C(=O)N2c2cccc3ccccc23)cc1COc1ccc([N+](=O)[O-])c(C)c1. The highest BCUT2D eigenvalue weighted by atomic mass is 16.6. The Morgan fingerprint density at radius 1 is 0.927 bits per heavy atom. The molecule has 0 aromatic heterocycles. The number of methoxy groups -OCH3 is 1. The molecular formula is C33H27N3O5. The Kier molecular flexibility index (Phi) is 6.73. The lowest BCUT2D eigenvalue weighted by Crippen LogP contribution is -2.43. The van der Waals surface area contributed by atoms with Gasteiger partial charge in [0.2, 0.25) is 0 Å². The molecule has 0 radical (unpaired) electrons. The minimum Gasteiger partial charge on any atom is -0.496 e. The van der Waals surface area contributed by atoms with Crippen molar-refractivity contribution >= 4 is 33.7 Å². The van der Waals surface area contributed by atoms with Gasteiger partial charge in [0.25, 0.3) is 11.6 Å². The third-order valence-corrected chi connectivity index (χ3v) is 7.33. The molecule has 1 aliphatic heterocycles. The second-order valence-corrected chi connectivity index (χ2v) is 9.83. The molecule has 5 aromatic carbocycles. The molecule has 1 unspecified atom stereocenters. The molecule has 6 rings (SSSR count). The van der Waals surface area contributed by atoms with Crippen LogP contribution in [0, 0.1) is 17.0 Å². The van der Waals surface area contributed by atoms with Crippen molar-refractivity contribution in [3.63, 3.8) is 0 Å². The van der Waals surface area contributed by atoms with E-state index >= 15 is 0 Å². The van der Waals surface area contributed by atoms with E-state index in [-0.39, 0.29) is 18.2 Å². The van der Waals surface area contributed by atoms with Crippen LogP contribution < -0.4 is 19.7 Å². The monoisotopic (exact) mass is 545 g/mol. The van der Waals surface area contributed by atoms with Crippen LogP contribution in [0.1, 0.15) is 33.2 Å². The van der Waals surface area contributed by atoms with Crippen LogP contribution in [-0.4, -0.2) is 17.9 Å². The molecule has 1 atom stereocenters. The number of benzene rings is 5. The van der Waals surface area contributed by atoms with Crippen LogP contribution in [0.2, 0.25) is 0 Å². The fraction of sp³-hybridized carbons (Fsp3) is 0.121. The van der Waals surface area contributed by atoms with Gasteiger partial charge in [-0.3, -0.25) is 19.8 Å². The van der Waals surface area contributed by atoms with Crippen LogP contribution in [0.15, 0.2) is 103 Å². The number of anilines is 2. The third kappa shape index (κ3) is 4.80. The fourth-order valence-corrected chi connectivity index (χ4v) is 5.32. The van der Waals surface area contributed by atoms with E-state index in [0.29, 0.717) is 22.6 Å². The molecule has 0 aliphatic carbocycles. The largest absolute Gasteiger partial charge is 0.496 e. The summed E-state index contributed by atoms with van der Waals surface area (Å²) in [5.41, 5.74) is 4.33. The average molecular weight is 546 g/mol. The maximum Gasteiger partial charge on any atom is 0.272 e. The number of amides is 1. The Balaban J connectivity index is 1.40. The number of nitro groups is 1. The van der Waals surface area contributed by atoms with Gasteiger partial charge in [-0.05, 0) is 60.3 Å². The zero-order valence-corrected chi connectivity index (χ0v) is 22.5. The minimum atomic E-state index is -0.505. The second-order valence-electron chi connectivity index (χ2n) is 9.83. The minimum absolute atomic E-state index is 0.0405. The quantitative estimate of drug-likeness (QED) is 0.169. The number of hydrogen-bond acceptors (Lipinski definition) is 6. The Morgan fingerprint density at radius 2 is 1.71 bits per heavy atom. The first-order valence-corrected chi connectivity index (χ1v) is 13.2. The molecule has 8 nitrogen and oxygen atoms in total. The summed E-state index contributed by atoms with van der Waals surface area (Å²) < 4.78 is 11.7. The fourth-order valence-electron chi connectivity index (χ4n) is 5.32. The van der Waals surface area contributed by atoms with Crippen molar-refractivity contribution in [2.45, 2.75) is 19.7 Å². The standard InChI is InChI=1S/C33H27N3O5/c1-21-18-25(15-16-29(21)36(38)39)41-20-24-19-23(14-17-31(24)40-2)32-34-28-12-6-5-11-27(28)33(37)35(32)30-13-7-9-22-8-3-4-10-26(22)30/h3-19,32,34H,20H2,1-2H3. The normalized spacial score (nSPS) is 14.3. The van der Waals surface area contributed by atoms with Gasteiger partial charge in [-0.25, -0.2) is 0 Å². The number of fused-ring (bicyclic) bond motifs is 2. The Hall–Kier alpha value is -5.37. The summed E-state index contributed by atoms with van der Waals surface area (Å²) in [6.45, 7) is 1.84. The van der Waals surface area contributed by atoms with E-state index in [9.17, 15) is 14.9 Å². The average Bonchev–Trinajstić information content (AvgIpc) is 2.99. The van der Waals surface area contributed by atoms with Crippen molar-refractivity contribution in [2.24, 2.45) is 0 Å². The van der Waals surface area contributed by atoms with Crippen LogP contribution in [0.3, 0.4) is 0 Å². The zero-order valence-electron chi connectivity index (χ0n) is 22.5. The van der Waals surface area contributed by atoms with E-state index in [4.69, 9.17) is 9.47 Å². The molecule has 0 bridgehead atoms. The number of carbonyl (C=O) groups excluding carboxylic acids is 1. The lowest BCUT2D eigenvalue weighted by molar-refractivity contribution is -0.385. The zero-order chi connectivity index (χ0) is 28.5. The summed E-state index contributed by atoms with van der Waals surface area (Å²) in [5.74, 6) is 1.04. The lowest BCUT2D eigenvalue weighted by atomic mass is 9.99. The summed E-state index contributed by atoms with van der Waals surface area (Å²) in [6, 6.07) is 31.9. The van der Waals surface area contributed by atoms with Gasteiger partial charge in [0.05, 0.1) is 23.3 Å². The summed E-state index contributed by atoms with van der Waals surface area (Å²) in [7, 11) is 1.59. The first kappa shape index (κ1) is 25.9. The van der Waals surface area contributed by atoms with E-state index in [1.165, 1.54) is 6.07 Å². The predicted molar refractivity (Wildman–Crippen MR) is 159 cm³/mol. The van der Waals surface area contributed by atoms with Gasteiger partial charge in [0.15, 0.2) is 0 Å². The lowest BCUT2D eigenvalue weighted by Gasteiger charge is -2.39. The smallest absolute Gasteiger partial charge is 0.272 e. The maximum atomic E-state index is 14.1. The molecule has 41 heavy (non-hydrogen) atoms. The molecule has 0 fully saturated rings. The number of nitrogens with zero attached hydrogens (tertiary/aromatic N) is 2. The van der Waals surface area contributed by atoms with Crippen LogP contribution in [0.5, 0.6) is 11.5 Å². The first-order chi connectivity index (χ1) is 19.9. The Morgan fingerprint density at radius 3 is 2.51 bits per heavy atom. The summed E-state index contributed by atoms with van der Waals surface area (Å²) in [5, 5.41) is 16.8. The molecule has 1 N–H and O–H groups in total. The van der Waals surface area contributed by atoms with E-state index in [1.807, 2.05) is 84.9 Å². The van der Waals surface area contributed by atoms with E-state index in [1.54, 1.807) is 31.1 Å². The molecule has 1 heterocycles. The first-order valence-electron chi connectivity index (χ1n) is 13.2. The highest BCUT2D eigenvalue weighted by molar-refractivity contribution is 6.15. The molecule has 0 spiro atoms. The molecule has 0 saturated heterocycles. The number of aryl methyl sites for hydroxylation is 1. The van der Waals surface area contributed by atoms with Crippen molar-refractivity contribution in [3.8, 4) is 11.5 Å². The molecule has 8 heteroatoms. The highest BCUT2D eigenvalue weighted by Gasteiger charge is 2.35. The van der Waals surface area contributed by atoms with Crippen LogP contribution >= 0.6 is 0 Å². The van der Waals surface area contributed by atoms with Crippen molar-refractivity contribution in [1.29, 1.82) is 0 Å². The number of para-hydroxylation sites is 1. The van der Waals surface area contributed by atoms with Crippen molar-refractivity contribution < 1.29 is 19.2 Å². The van der Waals surface area contributed by atoms with Crippen molar-refractivity contribution in [3.05, 3.63) is 135 Å². The molecule has 1 aliphatic rings. The number of rotatable bonds is 7. The van der Waals surface area contributed by atoms with Gasteiger partial charge < -0.3 is 14.8 Å². The van der Waals surface area contributed by atoms with Gasteiger partial charge in [0, 0.05) is 28.3 Å². The number of nitro benzene ring substituents is 1. The van der Waals surface area contributed by atoms with Gasteiger partial charge in [-0.2, -0.15) is 0 Å². The van der Waals surface area contributed by atoms with E-state index in [2.05, 4.69) is 5.32 Å². The maximum absolute atomic E-state index is 14.1. The van der Waals surface area contributed by atoms with Gasteiger partial charge in [-0.1, -0.05) is 54.6 Å². The van der Waals surface area contributed by atoms with Crippen LogP contribution in [0.25, 0.3) is 10.8 Å². The molecule has 5 aromatic rings. The highest BCUT2D eigenvalue weighted by Crippen LogP contribution is 2.40. The predicted octanol–water partition coefficient (Wildman–Crippen LogP) is 7.42. The summed E-state index contributed by atoms with van der Waals surface area (Å²) in [6.07, 6.45) is -0.505. The second kappa shape index (κ2) is 10.7. The van der Waals surface area contributed by atoms with Crippen LogP contribution in [-0.2, 0) is 6.61 Å². The third-order valence-electron chi connectivity index (χ3n) is 7.33. The van der Waals surface area contributed by atoms with Gasteiger partial charge in [-0.15, -0.1) is 0 Å². The summed E-state index contributed by atoms with van der Waals surface area (Å²) >= 11 is 0. The molecule has 204 valence electrons.